The predicted molar refractivity (Wildman–Crippen MR) is 112 cm³/mol. The zero-order chi connectivity index (χ0) is 20.3. The van der Waals surface area contributed by atoms with Crippen molar-refractivity contribution in [1.82, 2.24) is 0 Å². The van der Waals surface area contributed by atoms with Gasteiger partial charge in [-0.25, -0.2) is 8.42 Å². The van der Waals surface area contributed by atoms with E-state index in [0.29, 0.717) is 23.0 Å². The van der Waals surface area contributed by atoms with Gasteiger partial charge in [-0.05, 0) is 74.6 Å². The first-order chi connectivity index (χ1) is 13.2. The summed E-state index contributed by atoms with van der Waals surface area (Å²) in [6.45, 7) is 1.81. The maximum atomic E-state index is 12.6. The molecule has 0 aliphatic heterocycles. The highest BCUT2D eigenvalue weighted by molar-refractivity contribution is 7.92. The molecule has 0 radical (unpaired) electrons. The van der Waals surface area contributed by atoms with Gasteiger partial charge in [0, 0.05) is 18.3 Å². The van der Waals surface area contributed by atoms with Gasteiger partial charge in [0.2, 0.25) is 10.0 Å². The van der Waals surface area contributed by atoms with Crippen molar-refractivity contribution in [3.63, 3.8) is 0 Å². The Morgan fingerprint density at radius 3 is 2.36 bits per heavy atom. The van der Waals surface area contributed by atoms with Gasteiger partial charge in [0.1, 0.15) is 5.75 Å². The summed E-state index contributed by atoms with van der Waals surface area (Å²) in [7, 11) is -1.93. The van der Waals surface area contributed by atoms with E-state index in [2.05, 4.69) is 5.32 Å². The van der Waals surface area contributed by atoms with Crippen LogP contribution in [0.1, 0.15) is 41.6 Å². The van der Waals surface area contributed by atoms with Crippen LogP contribution >= 0.6 is 0 Å². The molecule has 0 unspecified atom stereocenters. The van der Waals surface area contributed by atoms with Gasteiger partial charge in [-0.1, -0.05) is 6.07 Å². The lowest BCUT2D eigenvalue weighted by Gasteiger charge is -2.19. The normalized spacial score (nSPS) is 14.7. The number of amides is 1. The number of anilines is 2. The van der Waals surface area contributed by atoms with Gasteiger partial charge in [0.25, 0.3) is 5.91 Å². The molecule has 2 aromatic rings. The van der Waals surface area contributed by atoms with Gasteiger partial charge in [0.15, 0.2) is 0 Å². The summed E-state index contributed by atoms with van der Waals surface area (Å²) < 4.78 is 30.8. The zero-order valence-corrected chi connectivity index (χ0v) is 17.3. The van der Waals surface area contributed by atoms with Gasteiger partial charge < -0.3 is 10.1 Å². The molecular weight excluding hydrogens is 376 g/mol. The number of ether oxygens (including phenoxy) is 1. The number of carbonyl (C=O) groups excluding carboxylic acids is 1. The highest BCUT2D eigenvalue weighted by Gasteiger charge is 2.18. The average molecular weight is 403 g/mol. The largest absolute Gasteiger partial charge is 0.490 e. The van der Waals surface area contributed by atoms with Gasteiger partial charge in [-0.2, -0.15) is 0 Å². The van der Waals surface area contributed by atoms with Crippen molar-refractivity contribution in [3.05, 3.63) is 53.6 Å². The van der Waals surface area contributed by atoms with Gasteiger partial charge in [-0.3, -0.25) is 9.10 Å². The van der Waals surface area contributed by atoms with Crippen LogP contribution in [0.3, 0.4) is 0 Å². The van der Waals surface area contributed by atoms with Crippen molar-refractivity contribution in [2.24, 2.45) is 0 Å². The van der Waals surface area contributed by atoms with E-state index >= 15 is 0 Å². The standard InChI is InChI=1S/C21H26N2O4S/c1-15-8-9-16(14-20(15)23(2)28(3,25)26)21(24)22-17-10-12-19(13-11-17)27-18-6-4-5-7-18/h8-14,18H,4-7H2,1-3H3,(H,22,24). The molecule has 1 fully saturated rings. The number of carbonyl (C=O) groups is 1. The number of hydrogen-bond donors (Lipinski definition) is 1. The topological polar surface area (TPSA) is 75.7 Å². The van der Waals surface area contributed by atoms with E-state index in [-0.39, 0.29) is 5.91 Å². The molecule has 1 aliphatic rings. The third-order valence-corrected chi connectivity index (χ3v) is 6.22. The number of rotatable bonds is 6. The van der Waals surface area contributed by atoms with E-state index in [0.717, 1.165) is 30.4 Å². The third kappa shape index (κ3) is 4.84. The van der Waals surface area contributed by atoms with E-state index < -0.39 is 10.0 Å². The average Bonchev–Trinajstić information content (AvgIpc) is 3.15. The minimum absolute atomic E-state index is 0.290. The lowest BCUT2D eigenvalue weighted by molar-refractivity contribution is 0.102. The third-order valence-electron chi connectivity index (χ3n) is 5.03. The molecule has 2 aromatic carbocycles. The highest BCUT2D eigenvalue weighted by Crippen LogP contribution is 2.26. The summed E-state index contributed by atoms with van der Waals surface area (Å²) >= 11 is 0. The lowest BCUT2D eigenvalue weighted by atomic mass is 10.1. The maximum Gasteiger partial charge on any atom is 0.255 e. The first-order valence-corrected chi connectivity index (χ1v) is 11.2. The van der Waals surface area contributed by atoms with Gasteiger partial charge in [-0.15, -0.1) is 0 Å². The van der Waals surface area contributed by atoms with Gasteiger partial charge >= 0.3 is 0 Å². The molecule has 150 valence electrons. The summed E-state index contributed by atoms with van der Waals surface area (Å²) in [5.74, 6) is 0.505. The Morgan fingerprint density at radius 2 is 1.75 bits per heavy atom. The van der Waals surface area contributed by atoms with E-state index in [1.807, 2.05) is 19.1 Å². The van der Waals surface area contributed by atoms with Crippen LogP contribution < -0.4 is 14.4 Å². The predicted octanol–water partition coefficient (Wildman–Crippen LogP) is 3.96. The summed E-state index contributed by atoms with van der Waals surface area (Å²) in [6.07, 6.45) is 6.04. The molecule has 28 heavy (non-hydrogen) atoms. The number of hydrogen-bond acceptors (Lipinski definition) is 4. The van der Waals surface area contributed by atoms with Crippen LogP contribution in [0.2, 0.25) is 0 Å². The van der Waals surface area contributed by atoms with E-state index in [4.69, 9.17) is 4.74 Å². The smallest absolute Gasteiger partial charge is 0.255 e. The van der Waals surface area contributed by atoms with E-state index in [1.54, 1.807) is 30.3 Å². The molecule has 7 heteroatoms. The fraction of sp³-hybridized carbons (Fsp3) is 0.381. The number of nitrogens with zero attached hydrogens (tertiary/aromatic N) is 1. The van der Waals surface area contributed by atoms with Crippen LogP contribution in [-0.2, 0) is 10.0 Å². The summed E-state index contributed by atoms with van der Waals surface area (Å²) in [6, 6.07) is 12.3. The minimum Gasteiger partial charge on any atom is -0.490 e. The number of benzene rings is 2. The number of nitrogens with one attached hydrogen (secondary N) is 1. The molecule has 0 saturated heterocycles. The second-order valence-electron chi connectivity index (χ2n) is 7.23. The highest BCUT2D eigenvalue weighted by atomic mass is 32.2. The molecule has 0 spiro atoms. The van der Waals surface area contributed by atoms with Crippen molar-refractivity contribution in [1.29, 1.82) is 0 Å². The van der Waals surface area contributed by atoms with E-state index in [1.165, 1.54) is 24.2 Å². The summed E-state index contributed by atoms with van der Waals surface area (Å²) in [4.78, 5) is 12.6. The molecule has 0 atom stereocenters. The maximum absolute atomic E-state index is 12.6. The first-order valence-electron chi connectivity index (χ1n) is 9.36. The monoisotopic (exact) mass is 402 g/mol. The summed E-state index contributed by atoms with van der Waals surface area (Å²) in [5, 5.41) is 2.84. The van der Waals surface area contributed by atoms with Crippen LogP contribution in [0.15, 0.2) is 42.5 Å². The Balaban J connectivity index is 1.70. The molecule has 1 aliphatic carbocycles. The quantitative estimate of drug-likeness (QED) is 0.793. The van der Waals surface area contributed by atoms with Crippen molar-refractivity contribution < 1.29 is 17.9 Å². The minimum atomic E-state index is -3.41. The molecule has 1 N–H and O–H groups in total. The molecular formula is C21H26N2O4S. The Kier molecular flexibility index (Phi) is 5.93. The SMILES string of the molecule is Cc1ccc(C(=O)Nc2ccc(OC3CCCC3)cc2)cc1N(C)S(C)(=O)=O. The van der Waals surface area contributed by atoms with Crippen LogP contribution in [0.25, 0.3) is 0 Å². The second-order valence-corrected chi connectivity index (χ2v) is 9.25. The van der Waals surface area contributed by atoms with Crippen LogP contribution in [0, 0.1) is 6.92 Å². The van der Waals surface area contributed by atoms with Crippen molar-refractivity contribution in [3.8, 4) is 5.75 Å². The van der Waals surface area contributed by atoms with Crippen LogP contribution in [0.4, 0.5) is 11.4 Å². The van der Waals surface area contributed by atoms with Crippen molar-refractivity contribution in [2.45, 2.75) is 38.7 Å². The second kappa shape index (κ2) is 8.22. The van der Waals surface area contributed by atoms with E-state index in [9.17, 15) is 13.2 Å². The summed E-state index contributed by atoms with van der Waals surface area (Å²) in [5.41, 5.74) is 2.30. The Hall–Kier alpha value is -2.54. The van der Waals surface area contributed by atoms with Crippen molar-refractivity contribution in [2.75, 3.05) is 22.9 Å². The number of sulfonamides is 1. The Labute approximate surface area is 166 Å². The fourth-order valence-electron chi connectivity index (χ4n) is 3.29. The Morgan fingerprint density at radius 1 is 1.11 bits per heavy atom. The van der Waals surface area contributed by atoms with Gasteiger partial charge in [0.05, 0.1) is 18.0 Å². The number of aryl methyl sites for hydroxylation is 1. The Bertz CT molecular complexity index is 949. The van der Waals surface area contributed by atoms with Crippen LogP contribution in [-0.4, -0.2) is 33.7 Å². The molecule has 3 rings (SSSR count). The molecule has 6 nitrogen and oxygen atoms in total. The molecule has 0 bridgehead atoms. The molecule has 1 amide bonds. The van der Waals surface area contributed by atoms with Crippen molar-refractivity contribution >= 4 is 27.3 Å². The molecule has 1 saturated carbocycles. The lowest BCUT2D eigenvalue weighted by Crippen LogP contribution is -2.26. The molecule has 0 heterocycles. The fourth-order valence-corrected chi connectivity index (χ4v) is 3.84. The van der Waals surface area contributed by atoms with Crippen LogP contribution in [0.5, 0.6) is 5.75 Å². The zero-order valence-electron chi connectivity index (χ0n) is 16.4. The molecule has 0 aromatic heterocycles. The first kappa shape index (κ1) is 20.2.